The van der Waals surface area contributed by atoms with Crippen molar-refractivity contribution in [3.8, 4) is 0 Å². The van der Waals surface area contributed by atoms with E-state index in [1.165, 1.54) is 6.07 Å². The van der Waals surface area contributed by atoms with Crippen molar-refractivity contribution in [1.29, 1.82) is 0 Å². The summed E-state index contributed by atoms with van der Waals surface area (Å²) < 4.78 is 47.0. The molecule has 0 atom stereocenters. The second kappa shape index (κ2) is 5.66. The fourth-order valence-corrected chi connectivity index (χ4v) is 2.56. The molecule has 0 saturated carbocycles. The number of fused-ring (bicyclic) bond motifs is 1. The standard InChI is InChI=1S/C9H6Cl2F3N3OS/c10-4-3-5(11)7-8(17-19-16-7)6(4)15-1-2-18-9(12,13)14/h3,15H,1-2H2. The molecule has 2 aromatic rings. The molecule has 0 aliphatic rings. The predicted octanol–water partition coefficient (Wildman–Crippen LogP) is 3.95. The molecule has 0 aliphatic carbocycles. The van der Waals surface area contributed by atoms with Gasteiger partial charge >= 0.3 is 6.36 Å². The third-order valence-corrected chi connectivity index (χ3v) is 3.23. The van der Waals surface area contributed by atoms with Gasteiger partial charge in [-0.1, -0.05) is 23.2 Å². The molecule has 1 aromatic heterocycles. The summed E-state index contributed by atoms with van der Waals surface area (Å²) in [5.41, 5.74) is 1.27. The van der Waals surface area contributed by atoms with Gasteiger partial charge in [0.2, 0.25) is 0 Å². The largest absolute Gasteiger partial charge is 0.522 e. The van der Waals surface area contributed by atoms with Crippen LogP contribution >= 0.6 is 34.9 Å². The topological polar surface area (TPSA) is 47.0 Å². The minimum atomic E-state index is -4.65. The number of aromatic nitrogens is 2. The smallest absolute Gasteiger partial charge is 0.380 e. The summed E-state index contributed by atoms with van der Waals surface area (Å²) in [6, 6.07) is 1.46. The Hall–Kier alpha value is -0.830. The van der Waals surface area contributed by atoms with Crippen LogP contribution in [0, 0.1) is 0 Å². The van der Waals surface area contributed by atoms with Crippen molar-refractivity contribution < 1.29 is 17.9 Å². The molecule has 104 valence electrons. The van der Waals surface area contributed by atoms with Gasteiger partial charge < -0.3 is 5.32 Å². The maximum Gasteiger partial charge on any atom is 0.522 e. The molecule has 1 N–H and O–H groups in total. The summed E-state index contributed by atoms with van der Waals surface area (Å²) in [7, 11) is 0. The molecule has 4 nitrogen and oxygen atoms in total. The number of halogens is 5. The Labute approximate surface area is 119 Å². The number of benzene rings is 1. The number of rotatable bonds is 4. The lowest BCUT2D eigenvalue weighted by molar-refractivity contribution is -0.322. The second-order valence-corrected chi connectivity index (χ2v) is 4.74. The zero-order valence-electron chi connectivity index (χ0n) is 9.09. The lowest BCUT2D eigenvalue weighted by atomic mass is 10.2. The molecule has 0 saturated heterocycles. The van der Waals surface area contributed by atoms with Gasteiger partial charge in [0.15, 0.2) is 0 Å². The minimum Gasteiger partial charge on any atom is -0.380 e. The van der Waals surface area contributed by atoms with E-state index >= 15 is 0 Å². The van der Waals surface area contributed by atoms with E-state index in [4.69, 9.17) is 23.2 Å². The number of ether oxygens (including phenoxy) is 1. The van der Waals surface area contributed by atoms with Crippen LogP contribution in [-0.4, -0.2) is 28.3 Å². The molecule has 0 fully saturated rings. The molecule has 2 rings (SSSR count). The van der Waals surface area contributed by atoms with Crippen LogP contribution in [0.25, 0.3) is 11.0 Å². The van der Waals surface area contributed by atoms with Gasteiger partial charge in [-0.15, -0.1) is 13.2 Å². The van der Waals surface area contributed by atoms with Gasteiger partial charge in [0.25, 0.3) is 0 Å². The Balaban J connectivity index is 2.10. The van der Waals surface area contributed by atoms with Crippen LogP contribution in [0.2, 0.25) is 10.0 Å². The number of nitrogens with one attached hydrogen (secondary N) is 1. The summed E-state index contributed by atoms with van der Waals surface area (Å²) in [6.07, 6.45) is -4.65. The van der Waals surface area contributed by atoms with Crippen molar-refractivity contribution in [2.24, 2.45) is 0 Å². The molecule has 1 heterocycles. The molecule has 0 unspecified atom stereocenters. The second-order valence-electron chi connectivity index (χ2n) is 3.40. The summed E-state index contributed by atoms with van der Waals surface area (Å²) in [4.78, 5) is 0. The Morgan fingerprint density at radius 1 is 1.21 bits per heavy atom. The minimum absolute atomic E-state index is 0.0759. The van der Waals surface area contributed by atoms with Crippen molar-refractivity contribution in [2.45, 2.75) is 6.36 Å². The van der Waals surface area contributed by atoms with Gasteiger partial charge in [-0.3, -0.25) is 4.74 Å². The van der Waals surface area contributed by atoms with Crippen LogP contribution in [-0.2, 0) is 4.74 Å². The molecule has 0 radical (unpaired) electrons. The Kier molecular flexibility index (Phi) is 4.34. The van der Waals surface area contributed by atoms with Crippen LogP contribution in [0.1, 0.15) is 0 Å². The number of hydrogen-bond donors (Lipinski definition) is 1. The van der Waals surface area contributed by atoms with E-state index in [-0.39, 0.29) is 11.6 Å². The molecule has 19 heavy (non-hydrogen) atoms. The molecule has 0 amide bonds. The number of nitrogens with zero attached hydrogens (tertiary/aromatic N) is 2. The highest BCUT2D eigenvalue weighted by atomic mass is 35.5. The average molecular weight is 332 g/mol. The fourth-order valence-electron chi connectivity index (χ4n) is 1.39. The molecule has 0 bridgehead atoms. The highest BCUT2D eigenvalue weighted by Gasteiger charge is 2.28. The third-order valence-electron chi connectivity index (χ3n) is 2.11. The highest BCUT2D eigenvalue weighted by molar-refractivity contribution is 7.00. The van der Waals surface area contributed by atoms with Gasteiger partial charge in [-0.05, 0) is 6.07 Å². The fraction of sp³-hybridized carbons (Fsp3) is 0.333. The van der Waals surface area contributed by atoms with E-state index < -0.39 is 13.0 Å². The zero-order chi connectivity index (χ0) is 14.0. The Morgan fingerprint density at radius 3 is 2.58 bits per heavy atom. The quantitative estimate of drug-likeness (QED) is 0.862. The first kappa shape index (κ1) is 14.6. The first-order chi connectivity index (χ1) is 8.88. The van der Waals surface area contributed by atoms with E-state index in [1.807, 2.05) is 0 Å². The highest BCUT2D eigenvalue weighted by Crippen LogP contribution is 2.35. The zero-order valence-corrected chi connectivity index (χ0v) is 11.4. The van der Waals surface area contributed by atoms with E-state index in [9.17, 15) is 13.2 Å². The van der Waals surface area contributed by atoms with Crippen LogP contribution in [0.3, 0.4) is 0 Å². The predicted molar refractivity (Wildman–Crippen MR) is 67.9 cm³/mol. The van der Waals surface area contributed by atoms with Gasteiger partial charge in [-0.2, -0.15) is 8.75 Å². The Morgan fingerprint density at radius 2 is 1.89 bits per heavy atom. The molecular formula is C9H6Cl2F3N3OS. The van der Waals surface area contributed by atoms with Crippen molar-refractivity contribution >= 4 is 51.7 Å². The summed E-state index contributed by atoms with van der Waals surface area (Å²) in [5, 5.41) is 3.33. The maximum atomic E-state index is 11.8. The SMILES string of the molecule is FC(F)(F)OCCNc1c(Cl)cc(Cl)c2nsnc12. The van der Waals surface area contributed by atoms with Crippen molar-refractivity contribution in [2.75, 3.05) is 18.5 Å². The summed E-state index contributed by atoms with van der Waals surface area (Å²) in [6.45, 7) is -0.616. The lowest BCUT2D eigenvalue weighted by Gasteiger charge is -2.11. The monoisotopic (exact) mass is 331 g/mol. The van der Waals surface area contributed by atoms with Gasteiger partial charge in [-0.25, -0.2) is 0 Å². The molecular weight excluding hydrogens is 326 g/mol. The van der Waals surface area contributed by atoms with E-state index in [1.54, 1.807) is 0 Å². The van der Waals surface area contributed by atoms with Crippen LogP contribution < -0.4 is 5.32 Å². The summed E-state index contributed by atoms with van der Waals surface area (Å²) >= 11 is 12.8. The number of hydrogen-bond acceptors (Lipinski definition) is 5. The van der Waals surface area contributed by atoms with Gasteiger partial charge in [0, 0.05) is 6.54 Å². The van der Waals surface area contributed by atoms with E-state index in [0.29, 0.717) is 21.7 Å². The first-order valence-corrected chi connectivity index (χ1v) is 6.42. The molecule has 0 aliphatic heterocycles. The van der Waals surface area contributed by atoms with Crippen molar-refractivity contribution in [1.82, 2.24) is 8.75 Å². The molecule has 0 spiro atoms. The van der Waals surface area contributed by atoms with Crippen LogP contribution in [0.15, 0.2) is 6.07 Å². The van der Waals surface area contributed by atoms with Crippen LogP contribution in [0.4, 0.5) is 18.9 Å². The van der Waals surface area contributed by atoms with Crippen molar-refractivity contribution in [3.05, 3.63) is 16.1 Å². The van der Waals surface area contributed by atoms with Gasteiger partial charge in [0.1, 0.15) is 11.0 Å². The third kappa shape index (κ3) is 3.59. The van der Waals surface area contributed by atoms with E-state index in [2.05, 4.69) is 18.8 Å². The first-order valence-electron chi connectivity index (χ1n) is 4.93. The Bertz CT molecular complexity index is 590. The molecule has 1 aromatic carbocycles. The number of anilines is 1. The molecule has 10 heteroatoms. The lowest BCUT2D eigenvalue weighted by Crippen LogP contribution is -2.19. The number of alkyl halides is 3. The average Bonchev–Trinajstić information content (AvgIpc) is 2.75. The summed E-state index contributed by atoms with van der Waals surface area (Å²) in [5.74, 6) is 0. The normalized spacial score (nSPS) is 12.1. The maximum absolute atomic E-state index is 11.8. The van der Waals surface area contributed by atoms with Gasteiger partial charge in [0.05, 0.1) is 34.1 Å². The van der Waals surface area contributed by atoms with Crippen LogP contribution in [0.5, 0.6) is 0 Å². The van der Waals surface area contributed by atoms with Crippen molar-refractivity contribution in [3.63, 3.8) is 0 Å². The van der Waals surface area contributed by atoms with E-state index in [0.717, 1.165) is 11.7 Å².